The Balaban J connectivity index is 4.69. The SMILES string of the molecule is CCCCCC/C=C\CCCCCCCC(=O)OC(CO)COP(=O)(O)OCC(COC(=O)CCCCCCCCCCCCCCCCCCC)OC(=O)CCCCCCC/C=C\CCCCCCCC. The van der Waals surface area contributed by atoms with E-state index >= 15 is 0 Å². The maximum atomic E-state index is 12.9. The van der Waals surface area contributed by atoms with E-state index in [1.165, 1.54) is 148 Å². The number of rotatable bonds is 57. The molecule has 0 spiro atoms. The van der Waals surface area contributed by atoms with Crippen molar-refractivity contribution < 1.29 is 52.2 Å². The number of carbonyl (C=O) groups excluding carboxylic acids is 3. The molecule has 0 saturated carbocycles. The molecule has 0 radical (unpaired) electrons. The molecule has 0 aliphatic carbocycles. The van der Waals surface area contributed by atoms with Gasteiger partial charge in [-0.15, -0.1) is 0 Å². The van der Waals surface area contributed by atoms with Crippen molar-refractivity contribution in [2.45, 2.75) is 315 Å². The number of hydrogen-bond acceptors (Lipinski definition) is 10. The van der Waals surface area contributed by atoms with Crippen LogP contribution in [-0.4, -0.2) is 66.5 Å². The van der Waals surface area contributed by atoms with Crippen molar-refractivity contribution in [2.24, 2.45) is 0 Å². The largest absolute Gasteiger partial charge is 0.472 e. The lowest BCUT2D eigenvalue weighted by Crippen LogP contribution is -2.30. The standard InChI is InChI=1S/C60H113O11P/c1-4-7-10-13-16-19-22-25-27-28-30-32-34-37-40-43-46-49-58(62)67-53-57(71-60(64)51-48-45-42-39-36-33-29-26-23-20-17-14-11-8-5-2)55-69-72(65,66)68-54-56(52-61)70-59(63)50-47-44-41-38-35-31-24-21-18-15-12-9-6-3/h21,24,26,29,56-57,61H,4-20,22-23,25,27-28,30-55H2,1-3H3,(H,65,66)/b24-21-,29-26-. The first kappa shape index (κ1) is 70.0. The molecule has 72 heavy (non-hydrogen) atoms. The number of hydrogen-bond donors (Lipinski definition) is 2. The molecular formula is C60H113O11P. The molecule has 2 N–H and O–H groups in total. The van der Waals surface area contributed by atoms with Gasteiger partial charge in [0, 0.05) is 19.3 Å². The van der Waals surface area contributed by atoms with Crippen molar-refractivity contribution >= 4 is 25.7 Å². The zero-order chi connectivity index (χ0) is 52.7. The van der Waals surface area contributed by atoms with Gasteiger partial charge >= 0.3 is 25.7 Å². The van der Waals surface area contributed by atoms with Crippen molar-refractivity contribution in [3.63, 3.8) is 0 Å². The first-order chi connectivity index (χ1) is 35.2. The van der Waals surface area contributed by atoms with Crippen LogP contribution in [0.1, 0.15) is 303 Å². The summed E-state index contributed by atoms with van der Waals surface area (Å²) in [5, 5.41) is 9.81. The van der Waals surface area contributed by atoms with E-state index in [-0.39, 0.29) is 25.9 Å². The van der Waals surface area contributed by atoms with Crippen LogP contribution in [0.25, 0.3) is 0 Å². The molecule has 0 aliphatic rings. The van der Waals surface area contributed by atoms with Crippen molar-refractivity contribution in [1.29, 1.82) is 0 Å². The zero-order valence-corrected chi connectivity index (χ0v) is 47.8. The molecule has 3 atom stereocenters. The summed E-state index contributed by atoms with van der Waals surface area (Å²) in [6.45, 7) is 4.66. The van der Waals surface area contributed by atoms with Crippen LogP contribution < -0.4 is 0 Å². The minimum Gasteiger partial charge on any atom is -0.462 e. The Labute approximate surface area is 442 Å². The molecule has 0 rings (SSSR count). The van der Waals surface area contributed by atoms with Gasteiger partial charge < -0.3 is 24.2 Å². The molecule has 3 unspecified atom stereocenters. The van der Waals surface area contributed by atoms with E-state index in [0.717, 1.165) is 96.3 Å². The fourth-order valence-corrected chi connectivity index (χ4v) is 9.48. The van der Waals surface area contributed by atoms with Gasteiger partial charge in [0.05, 0.1) is 19.8 Å². The number of allylic oxidation sites excluding steroid dienone is 4. The van der Waals surface area contributed by atoms with Crippen LogP contribution >= 0.6 is 7.82 Å². The third-order valence-corrected chi connectivity index (χ3v) is 14.3. The van der Waals surface area contributed by atoms with Gasteiger partial charge in [0.15, 0.2) is 6.10 Å². The molecule has 0 bridgehead atoms. The third-order valence-electron chi connectivity index (χ3n) is 13.3. The molecule has 0 amide bonds. The Morgan fingerprint density at radius 1 is 0.375 bits per heavy atom. The van der Waals surface area contributed by atoms with Crippen LogP contribution in [-0.2, 0) is 42.2 Å². The molecule has 0 aromatic heterocycles. The molecule has 0 aliphatic heterocycles. The van der Waals surface area contributed by atoms with Gasteiger partial charge in [0.25, 0.3) is 0 Å². The van der Waals surface area contributed by atoms with Gasteiger partial charge in [0.2, 0.25) is 0 Å². The molecule has 0 fully saturated rings. The number of ether oxygens (including phenoxy) is 3. The quantitative estimate of drug-likeness (QED) is 0.0197. The van der Waals surface area contributed by atoms with Crippen LogP contribution in [0.15, 0.2) is 24.3 Å². The van der Waals surface area contributed by atoms with Crippen LogP contribution in [0.2, 0.25) is 0 Å². The Hall–Kier alpha value is -2.04. The molecule has 0 saturated heterocycles. The predicted octanol–water partition coefficient (Wildman–Crippen LogP) is 17.8. The van der Waals surface area contributed by atoms with Gasteiger partial charge in [-0.2, -0.15) is 0 Å². The van der Waals surface area contributed by atoms with Crippen LogP contribution in [0.5, 0.6) is 0 Å². The van der Waals surface area contributed by atoms with Crippen LogP contribution in [0, 0.1) is 0 Å². The number of phosphoric ester groups is 1. The highest BCUT2D eigenvalue weighted by Crippen LogP contribution is 2.43. The summed E-state index contributed by atoms with van der Waals surface area (Å²) in [7, 11) is -4.74. The Morgan fingerprint density at radius 3 is 0.972 bits per heavy atom. The predicted molar refractivity (Wildman–Crippen MR) is 298 cm³/mol. The number of carbonyl (C=O) groups is 3. The lowest BCUT2D eigenvalue weighted by Gasteiger charge is -2.21. The first-order valence-corrected chi connectivity index (χ1v) is 31.7. The second kappa shape index (κ2) is 55.2. The van der Waals surface area contributed by atoms with E-state index in [4.69, 9.17) is 23.3 Å². The number of unbranched alkanes of at least 4 members (excludes halogenated alkanes) is 36. The fourth-order valence-electron chi connectivity index (χ4n) is 8.70. The van der Waals surface area contributed by atoms with Crippen molar-refractivity contribution in [3.8, 4) is 0 Å². The molecular weight excluding hydrogens is 928 g/mol. The molecule has 11 nitrogen and oxygen atoms in total. The topological polar surface area (TPSA) is 155 Å². The summed E-state index contributed by atoms with van der Waals surface area (Å²) in [6, 6.07) is 0. The van der Waals surface area contributed by atoms with Gasteiger partial charge in [-0.1, -0.05) is 238 Å². The Morgan fingerprint density at radius 2 is 0.639 bits per heavy atom. The van der Waals surface area contributed by atoms with E-state index in [2.05, 4.69) is 45.1 Å². The van der Waals surface area contributed by atoms with Crippen molar-refractivity contribution in [2.75, 3.05) is 26.4 Å². The van der Waals surface area contributed by atoms with Crippen molar-refractivity contribution in [1.82, 2.24) is 0 Å². The summed E-state index contributed by atoms with van der Waals surface area (Å²) in [5.41, 5.74) is 0. The maximum Gasteiger partial charge on any atom is 0.472 e. The van der Waals surface area contributed by atoms with Crippen molar-refractivity contribution in [3.05, 3.63) is 24.3 Å². The summed E-state index contributed by atoms with van der Waals surface area (Å²) in [6.07, 6.45) is 55.6. The maximum absolute atomic E-state index is 12.9. The summed E-state index contributed by atoms with van der Waals surface area (Å²) < 4.78 is 39.6. The van der Waals surface area contributed by atoms with E-state index in [9.17, 15) is 28.9 Å². The average Bonchev–Trinajstić information content (AvgIpc) is 3.37. The van der Waals surface area contributed by atoms with E-state index in [1.807, 2.05) is 0 Å². The number of aliphatic hydroxyl groups is 1. The smallest absolute Gasteiger partial charge is 0.462 e. The summed E-state index contributed by atoms with van der Waals surface area (Å²) >= 11 is 0. The highest BCUT2D eigenvalue weighted by Gasteiger charge is 2.28. The molecule has 0 aromatic carbocycles. The molecule has 12 heteroatoms. The zero-order valence-electron chi connectivity index (χ0n) is 46.9. The van der Waals surface area contributed by atoms with Crippen LogP contribution in [0.4, 0.5) is 0 Å². The Kier molecular flexibility index (Phi) is 53.6. The highest BCUT2D eigenvalue weighted by molar-refractivity contribution is 7.47. The van der Waals surface area contributed by atoms with E-state index in [1.54, 1.807) is 0 Å². The second-order valence-corrected chi connectivity index (χ2v) is 22.0. The third kappa shape index (κ3) is 52.8. The Bertz CT molecular complexity index is 1310. The lowest BCUT2D eigenvalue weighted by molar-refractivity contribution is -0.161. The minimum absolute atomic E-state index is 0.162. The highest BCUT2D eigenvalue weighted by atomic mass is 31.2. The monoisotopic (exact) mass is 1040 g/mol. The van der Waals surface area contributed by atoms with Crippen LogP contribution in [0.3, 0.4) is 0 Å². The van der Waals surface area contributed by atoms with E-state index < -0.39 is 57.8 Å². The van der Waals surface area contributed by atoms with Gasteiger partial charge in [-0.05, 0) is 70.6 Å². The van der Waals surface area contributed by atoms with Gasteiger partial charge in [-0.25, -0.2) is 4.57 Å². The number of aliphatic hydroxyl groups excluding tert-OH is 1. The molecule has 424 valence electrons. The van der Waals surface area contributed by atoms with Gasteiger partial charge in [0.1, 0.15) is 12.7 Å². The number of esters is 3. The summed E-state index contributed by atoms with van der Waals surface area (Å²) in [4.78, 5) is 48.6. The second-order valence-electron chi connectivity index (χ2n) is 20.5. The molecule has 0 aromatic rings. The average molecular weight is 1040 g/mol. The van der Waals surface area contributed by atoms with Gasteiger partial charge in [-0.3, -0.25) is 23.4 Å². The van der Waals surface area contributed by atoms with E-state index in [0.29, 0.717) is 19.3 Å². The fraction of sp³-hybridized carbons (Fsp3) is 0.883. The lowest BCUT2D eigenvalue weighted by atomic mass is 10.0. The minimum atomic E-state index is -4.74. The first-order valence-electron chi connectivity index (χ1n) is 30.2. The molecule has 0 heterocycles. The normalized spacial score (nSPS) is 13.5. The number of phosphoric acid groups is 1. The summed E-state index contributed by atoms with van der Waals surface area (Å²) in [5.74, 6) is -1.46.